The monoisotopic (exact) mass is 158 g/mol. The summed E-state index contributed by atoms with van der Waals surface area (Å²) in [5, 5.41) is 8.62. The number of hydrogen-bond acceptors (Lipinski definition) is 2. The first-order valence-corrected chi connectivity index (χ1v) is 4.03. The second-order valence-electron chi connectivity index (χ2n) is 3.12. The molecule has 0 spiro atoms. The summed E-state index contributed by atoms with van der Waals surface area (Å²) in [6.07, 6.45) is 1.16. The molecule has 11 heavy (non-hydrogen) atoms. The molecule has 0 saturated carbocycles. The first-order valence-electron chi connectivity index (χ1n) is 4.03. The lowest BCUT2D eigenvalue weighted by Gasteiger charge is -2.10. The van der Waals surface area contributed by atoms with Gasteiger partial charge in [0, 0.05) is 0 Å². The zero-order valence-corrected chi connectivity index (χ0v) is 6.91. The van der Waals surface area contributed by atoms with Gasteiger partial charge >= 0.3 is 5.97 Å². The molecule has 0 aromatic carbocycles. The molecule has 0 amide bonds. The maximum Gasteiger partial charge on any atom is 0.332 e. The van der Waals surface area contributed by atoms with Crippen LogP contribution in [0.3, 0.4) is 0 Å². The van der Waals surface area contributed by atoms with Crippen molar-refractivity contribution < 1.29 is 14.6 Å². The van der Waals surface area contributed by atoms with Gasteiger partial charge in [-0.1, -0.05) is 13.8 Å². The summed E-state index contributed by atoms with van der Waals surface area (Å²) in [4.78, 5) is 10.5. The number of carboxylic acid groups (broad SMARTS) is 1. The summed E-state index contributed by atoms with van der Waals surface area (Å²) >= 11 is 0. The predicted octanol–water partition coefficient (Wildman–Crippen LogP) is 1.27. The number of aliphatic carboxylic acids is 1. The van der Waals surface area contributed by atoms with E-state index in [-0.39, 0.29) is 6.10 Å². The molecule has 0 aliphatic carbocycles. The van der Waals surface area contributed by atoms with Gasteiger partial charge in [-0.3, -0.25) is 0 Å². The highest BCUT2D eigenvalue weighted by Crippen LogP contribution is 2.27. The molecule has 0 aromatic rings. The normalized spacial score (nSPS) is 37.5. The average Bonchev–Trinajstić information content (AvgIpc) is 2.31. The van der Waals surface area contributed by atoms with E-state index in [1.165, 1.54) is 0 Å². The van der Waals surface area contributed by atoms with Crippen LogP contribution < -0.4 is 0 Å². The molecule has 3 heteroatoms. The molecule has 3 unspecified atom stereocenters. The SMILES string of the molecule is CCC1OC(C(=O)O)CC1C. The number of hydrogen-bond donors (Lipinski definition) is 1. The van der Waals surface area contributed by atoms with Crippen molar-refractivity contribution in [3.05, 3.63) is 0 Å². The fourth-order valence-electron chi connectivity index (χ4n) is 1.55. The van der Waals surface area contributed by atoms with Crippen LogP contribution in [-0.4, -0.2) is 23.3 Å². The smallest absolute Gasteiger partial charge is 0.332 e. The predicted molar refractivity (Wildman–Crippen MR) is 40.4 cm³/mol. The van der Waals surface area contributed by atoms with E-state index in [1.54, 1.807) is 0 Å². The van der Waals surface area contributed by atoms with E-state index < -0.39 is 12.1 Å². The van der Waals surface area contributed by atoms with E-state index in [2.05, 4.69) is 0 Å². The molecule has 1 N–H and O–H groups in total. The molecule has 1 saturated heterocycles. The van der Waals surface area contributed by atoms with Gasteiger partial charge < -0.3 is 9.84 Å². The fraction of sp³-hybridized carbons (Fsp3) is 0.875. The van der Waals surface area contributed by atoms with E-state index in [1.807, 2.05) is 13.8 Å². The Bertz CT molecular complexity index is 155. The Morgan fingerprint density at radius 2 is 2.36 bits per heavy atom. The second kappa shape index (κ2) is 3.22. The molecule has 3 atom stereocenters. The van der Waals surface area contributed by atoms with E-state index in [4.69, 9.17) is 9.84 Å². The highest BCUT2D eigenvalue weighted by molar-refractivity contribution is 5.72. The summed E-state index contributed by atoms with van der Waals surface area (Å²) in [7, 11) is 0. The van der Waals surface area contributed by atoms with Crippen LogP contribution in [0.25, 0.3) is 0 Å². The molecule has 1 rings (SSSR count). The molecule has 1 aliphatic rings. The lowest BCUT2D eigenvalue weighted by atomic mass is 10.0. The zero-order valence-electron chi connectivity index (χ0n) is 6.91. The fourth-order valence-corrected chi connectivity index (χ4v) is 1.55. The van der Waals surface area contributed by atoms with Crippen LogP contribution in [0.4, 0.5) is 0 Å². The molecule has 64 valence electrons. The van der Waals surface area contributed by atoms with Gasteiger partial charge in [0.05, 0.1) is 6.10 Å². The Labute approximate surface area is 66.4 Å². The third kappa shape index (κ3) is 1.71. The zero-order chi connectivity index (χ0) is 8.43. The van der Waals surface area contributed by atoms with Crippen LogP contribution in [-0.2, 0) is 9.53 Å². The van der Waals surface area contributed by atoms with Gasteiger partial charge in [-0.2, -0.15) is 0 Å². The lowest BCUT2D eigenvalue weighted by Crippen LogP contribution is -2.20. The van der Waals surface area contributed by atoms with Crippen molar-refractivity contribution in [2.24, 2.45) is 5.92 Å². The lowest BCUT2D eigenvalue weighted by molar-refractivity contribution is -0.149. The van der Waals surface area contributed by atoms with Crippen LogP contribution in [0.15, 0.2) is 0 Å². The van der Waals surface area contributed by atoms with Crippen LogP contribution in [0.1, 0.15) is 26.7 Å². The summed E-state index contributed by atoms with van der Waals surface area (Å²) in [5.74, 6) is -0.436. The van der Waals surface area contributed by atoms with E-state index >= 15 is 0 Å². The Kier molecular flexibility index (Phi) is 2.49. The molecule has 1 heterocycles. The van der Waals surface area contributed by atoms with Crippen molar-refractivity contribution in [3.63, 3.8) is 0 Å². The topological polar surface area (TPSA) is 46.5 Å². The molecule has 3 nitrogen and oxygen atoms in total. The van der Waals surface area contributed by atoms with Crippen LogP contribution in [0, 0.1) is 5.92 Å². The Balaban J connectivity index is 2.49. The summed E-state index contributed by atoms with van der Waals surface area (Å²) in [6, 6.07) is 0. The van der Waals surface area contributed by atoms with Gasteiger partial charge in [-0.25, -0.2) is 4.79 Å². The minimum atomic E-state index is -0.826. The summed E-state index contributed by atoms with van der Waals surface area (Å²) in [6.45, 7) is 4.06. The van der Waals surface area contributed by atoms with Gasteiger partial charge in [-0.15, -0.1) is 0 Å². The first-order chi connectivity index (χ1) is 5.15. The molecule has 1 fully saturated rings. The highest BCUT2D eigenvalue weighted by Gasteiger charge is 2.34. The van der Waals surface area contributed by atoms with E-state index in [0.29, 0.717) is 12.3 Å². The molecular weight excluding hydrogens is 144 g/mol. The quantitative estimate of drug-likeness (QED) is 0.658. The highest BCUT2D eigenvalue weighted by atomic mass is 16.5. The van der Waals surface area contributed by atoms with Crippen LogP contribution in [0.5, 0.6) is 0 Å². The number of carbonyl (C=O) groups is 1. The first kappa shape index (κ1) is 8.53. The van der Waals surface area contributed by atoms with Gasteiger partial charge in [0.25, 0.3) is 0 Å². The van der Waals surface area contributed by atoms with Crippen molar-refractivity contribution in [1.82, 2.24) is 0 Å². The largest absolute Gasteiger partial charge is 0.479 e. The third-order valence-electron chi connectivity index (χ3n) is 2.24. The Morgan fingerprint density at radius 1 is 1.73 bits per heavy atom. The van der Waals surface area contributed by atoms with Gasteiger partial charge in [-0.05, 0) is 18.8 Å². The molecule has 0 aromatic heterocycles. The Hall–Kier alpha value is -0.570. The standard InChI is InChI=1S/C8H14O3/c1-3-6-5(2)4-7(11-6)8(9)10/h5-7H,3-4H2,1-2H3,(H,9,10). The maximum absolute atomic E-state index is 10.5. The minimum Gasteiger partial charge on any atom is -0.479 e. The van der Waals surface area contributed by atoms with Gasteiger partial charge in [0.1, 0.15) is 0 Å². The van der Waals surface area contributed by atoms with Gasteiger partial charge in [0.2, 0.25) is 0 Å². The van der Waals surface area contributed by atoms with E-state index in [0.717, 1.165) is 6.42 Å². The van der Waals surface area contributed by atoms with Crippen molar-refractivity contribution in [2.45, 2.75) is 38.9 Å². The molecule has 0 radical (unpaired) electrons. The number of ether oxygens (including phenoxy) is 1. The van der Waals surface area contributed by atoms with Crippen molar-refractivity contribution in [1.29, 1.82) is 0 Å². The summed E-state index contributed by atoms with van der Waals surface area (Å²) in [5.41, 5.74) is 0. The summed E-state index contributed by atoms with van der Waals surface area (Å²) < 4.78 is 5.28. The number of rotatable bonds is 2. The molecule has 1 aliphatic heterocycles. The van der Waals surface area contributed by atoms with Crippen molar-refractivity contribution in [2.75, 3.05) is 0 Å². The molecular formula is C8H14O3. The van der Waals surface area contributed by atoms with E-state index in [9.17, 15) is 4.79 Å². The minimum absolute atomic E-state index is 0.149. The average molecular weight is 158 g/mol. The van der Waals surface area contributed by atoms with Crippen molar-refractivity contribution >= 4 is 5.97 Å². The maximum atomic E-state index is 10.5. The second-order valence-corrected chi connectivity index (χ2v) is 3.12. The number of carboxylic acids is 1. The third-order valence-corrected chi connectivity index (χ3v) is 2.24. The van der Waals surface area contributed by atoms with Gasteiger partial charge in [0.15, 0.2) is 6.10 Å². The van der Waals surface area contributed by atoms with Crippen LogP contribution in [0.2, 0.25) is 0 Å². The van der Waals surface area contributed by atoms with Crippen LogP contribution >= 0.6 is 0 Å². The molecule has 0 bridgehead atoms. The Morgan fingerprint density at radius 3 is 2.64 bits per heavy atom. The van der Waals surface area contributed by atoms with Crippen molar-refractivity contribution in [3.8, 4) is 0 Å².